The number of benzene rings is 1. The zero-order valence-corrected chi connectivity index (χ0v) is 20.5. The predicted molar refractivity (Wildman–Crippen MR) is 133 cm³/mol. The van der Waals surface area contributed by atoms with Crippen molar-refractivity contribution in [3.63, 3.8) is 0 Å². The van der Waals surface area contributed by atoms with Crippen molar-refractivity contribution in [2.45, 2.75) is 36.6 Å². The van der Waals surface area contributed by atoms with Gasteiger partial charge < -0.3 is 10.1 Å². The lowest BCUT2D eigenvalue weighted by Gasteiger charge is -2.27. The standard InChI is InChI=1S/C25H26ClN5O2S/c1-34-25-28-8-6-21(30-25)17-11-18-12-19(33-23(18)20(26)13-17)15-29-24(32)22(31-9-2-3-10-31)16-5-4-7-27-14-16/h4-8,11,13-14,19,22H,2-3,9-10,12,15H2,1H3,(H,29,32). The number of likely N-dealkylation sites (tertiary alicyclic amines) is 1. The van der Waals surface area contributed by atoms with Crippen molar-refractivity contribution in [2.24, 2.45) is 0 Å². The molecule has 0 aliphatic carbocycles. The molecule has 9 heteroatoms. The van der Waals surface area contributed by atoms with Crippen LogP contribution in [-0.2, 0) is 11.2 Å². The summed E-state index contributed by atoms with van der Waals surface area (Å²) in [5.41, 5.74) is 3.69. The van der Waals surface area contributed by atoms with Crippen LogP contribution < -0.4 is 10.1 Å². The maximum absolute atomic E-state index is 13.2. The maximum Gasteiger partial charge on any atom is 0.242 e. The third-order valence-corrected chi connectivity index (χ3v) is 7.07. The Morgan fingerprint density at radius 2 is 2.15 bits per heavy atom. The molecule has 1 fully saturated rings. The van der Waals surface area contributed by atoms with E-state index >= 15 is 0 Å². The Hall–Kier alpha value is -2.68. The number of carbonyl (C=O) groups excluding carboxylic acids is 1. The van der Waals surface area contributed by atoms with E-state index in [4.69, 9.17) is 16.3 Å². The molecule has 1 N–H and O–H groups in total. The summed E-state index contributed by atoms with van der Waals surface area (Å²) in [5.74, 6) is 0.666. The molecule has 0 saturated carbocycles. The highest BCUT2D eigenvalue weighted by Gasteiger charge is 2.32. The molecule has 2 aromatic heterocycles. The highest BCUT2D eigenvalue weighted by molar-refractivity contribution is 7.98. The van der Waals surface area contributed by atoms with E-state index in [9.17, 15) is 4.79 Å². The van der Waals surface area contributed by atoms with Crippen molar-refractivity contribution in [3.8, 4) is 17.0 Å². The van der Waals surface area contributed by atoms with Crippen LogP contribution in [0.1, 0.15) is 30.0 Å². The largest absolute Gasteiger partial charge is 0.486 e. The van der Waals surface area contributed by atoms with E-state index in [1.807, 2.05) is 30.5 Å². The molecule has 1 aromatic carbocycles. The molecule has 0 spiro atoms. The smallest absolute Gasteiger partial charge is 0.242 e. The van der Waals surface area contributed by atoms with E-state index in [1.54, 1.807) is 18.6 Å². The van der Waals surface area contributed by atoms with E-state index in [-0.39, 0.29) is 18.1 Å². The van der Waals surface area contributed by atoms with Gasteiger partial charge in [-0.05, 0) is 62.0 Å². The van der Waals surface area contributed by atoms with Crippen LogP contribution in [-0.4, -0.2) is 57.8 Å². The van der Waals surface area contributed by atoms with Crippen LogP contribution in [0.4, 0.5) is 0 Å². The highest BCUT2D eigenvalue weighted by Crippen LogP contribution is 2.39. The number of amides is 1. The van der Waals surface area contributed by atoms with E-state index < -0.39 is 0 Å². The fraction of sp³-hybridized carbons (Fsp3) is 0.360. The highest BCUT2D eigenvalue weighted by atomic mass is 35.5. The van der Waals surface area contributed by atoms with Crippen molar-refractivity contribution in [3.05, 3.63) is 65.1 Å². The lowest BCUT2D eigenvalue weighted by atomic mass is 10.0. The van der Waals surface area contributed by atoms with Crippen molar-refractivity contribution in [1.82, 2.24) is 25.2 Å². The molecule has 34 heavy (non-hydrogen) atoms. The Morgan fingerprint density at radius 1 is 1.29 bits per heavy atom. The molecule has 5 rings (SSSR count). The van der Waals surface area contributed by atoms with Gasteiger partial charge in [-0.3, -0.25) is 14.7 Å². The molecule has 2 atom stereocenters. The third-order valence-electron chi connectivity index (χ3n) is 6.22. The molecular weight excluding hydrogens is 470 g/mol. The first-order valence-electron chi connectivity index (χ1n) is 11.4. The van der Waals surface area contributed by atoms with Gasteiger partial charge in [0.15, 0.2) is 5.16 Å². The fourth-order valence-corrected chi connectivity index (χ4v) is 5.27. The summed E-state index contributed by atoms with van der Waals surface area (Å²) in [4.78, 5) is 28.5. The van der Waals surface area contributed by atoms with Gasteiger partial charge in [0, 0.05) is 36.1 Å². The van der Waals surface area contributed by atoms with Gasteiger partial charge in [-0.2, -0.15) is 0 Å². The number of pyridine rings is 1. The molecule has 0 radical (unpaired) electrons. The molecule has 1 saturated heterocycles. The number of nitrogens with zero attached hydrogens (tertiary/aromatic N) is 4. The number of thioether (sulfide) groups is 1. The first-order valence-corrected chi connectivity index (χ1v) is 13.0. The Bertz CT molecular complexity index is 1170. The molecule has 0 bridgehead atoms. The van der Waals surface area contributed by atoms with Crippen molar-refractivity contribution >= 4 is 29.3 Å². The SMILES string of the molecule is CSc1nccc(-c2cc(Cl)c3c(c2)CC(CNC(=O)C(c2cccnc2)N2CCCC2)O3)n1. The number of hydrogen-bond acceptors (Lipinski definition) is 7. The zero-order valence-electron chi connectivity index (χ0n) is 18.9. The molecule has 176 valence electrons. The molecule has 2 aliphatic heterocycles. The quantitative estimate of drug-likeness (QED) is 0.389. The summed E-state index contributed by atoms with van der Waals surface area (Å²) in [6.45, 7) is 2.24. The number of hydrogen-bond donors (Lipinski definition) is 1. The minimum atomic E-state index is -0.335. The van der Waals surface area contributed by atoms with Gasteiger partial charge in [0.25, 0.3) is 0 Å². The second-order valence-electron chi connectivity index (χ2n) is 8.50. The summed E-state index contributed by atoms with van der Waals surface area (Å²) >= 11 is 8.07. The van der Waals surface area contributed by atoms with Crippen LogP contribution in [0.2, 0.25) is 5.02 Å². The van der Waals surface area contributed by atoms with Crippen LogP contribution in [0.25, 0.3) is 11.3 Å². The number of nitrogens with one attached hydrogen (secondary N) is 1. The van der Waals surface area contributed by atoms with E-state index in [2.05, 4.69) is 31.2 Å². The lowest BCUT2D eigenvalue weighted by Crippen LogP contribution is -2.42. The Labute approximate surface area is 208 Å². The summed E-state index contributed by atoms with van der Waals surface area (Å²) in [6.07, 6.45) is 9.92. The first kappa shape index (κ1) is 23.1. The topological polar surface area (TPSA) is 80.2 Å². The molecular formula is C25H26ClN5O2S. The van der Waals surface area contributed by atoms with Gasteiger partial charge in [0.1, 0.15) is 17.9 Å². The normalized spacial score (nSPS) is 18.4. The Kier molecular flexibility index (Phi) is 6.99. The fourth-order valence-electron chi connectivity index (χ4n) is 4.63. The van der Waals surface area contributed by atoms with Crippen LogP contribution in [0.5, 0.6) is 5.75 Å². The molecule has 1 amide bonds. The van der Waals surface area contributed by atoms with Gasteiger partial charge in [-0.15, -0.1) is 0 Å². The molecule has 7 nitrogen and oxygen atoms in total. The lowest BCUT2D eigenvalue weighted by molar-refractivity contribution is -0.126. The third kappa shape index (κ3) is 4.89. The number of fused-ring (bicyclic) bond motifs is 1. The summed E-state index contributed by atoms with van der Waals surface area (Å²) in [6, 6.07) is 9.33. The van der Waals surface area contributed by atoms with Crippen molar-refractivity contribution < 1.29 is 9.53 Å². The maximum atomic E-state index is 13.2. The first-order chi connectivity index (χ1) is 16.6. The second-order valence-corrected chi connectivity index (χ2v) is 9.68. The number of carbonyl (C=O) groups is 1. The number of rotatable bonds is 7. The average Bonchev–Trinajstić information content (AvgIpc) is 3.54. The number of ether oxygens (including phenoxy) is 1. The van der Waals surface area contributed by atoms with Crippen molar-refractivity contribution in [2.75, 3.05) is 25.9 Å². The van der Waals surface area contributed by atoms with Crippen LogP contribution in [0.3, 0.4) is 0 Å². The summed E-state index contributed by atoms with van der Waals surface area (Å²) < 4.78 is 6.13. The van der Waals surface area contributed by atoms with Gasteiger partial charge in [-0.1, -0.05) is 29.4 Å². The number of aromatic nitrogens is 3. The van der Waals surface area contributed by atoms with Gasteiger partial charge in [0.2, 0.25) is 5.91 Å². The van der Waals surface area contributed by atoms with E-state index in [0.717, 1.165) is 48.3 Å². The molecule has 3 aromatic rings. The second kappa shape index (κ2) is 10.3. The summed E-state index contributed by atoms with van der Waals surface area (Å²) in [7, 11) is 0. The Balaban J connectivity index is 1.28. The monoisotopic (exact) mass is 495 g/mol. The van der Waals surface area contributed by atoms with Crippen LogP contribution >= 0.6 is 23.4 Å². The average molecular weight is 496 g/mol. The van der Waals surface area contributed by atoms with Gasteiger partial charge >= 0.3 is 0 Å². The summed E-state index contributed by atoms with van der Waals surface area (Å²) in [5, 5.41) is 4.38. The van der Waals surface area contributed by atoms with Crippen LogP contribution in [0.15, 0.2) is 54.1 Å². The molecule has 2 aliphatic rings. The van der Waals surface area contributed by atoms with Gasteiger partial charge in [-0.25, -0.2) is 9.97 Å². The Morgan fingerprint density at radius 3 is 2.91 bits per heavy atom. The molecule has 2 unspecified atom stereocenters. The zero-order chi connectivity index (χ0) is 23.5. The number of halogens is 1. The van der Waals surface area contributed by atoms with E-state index in [0.29, 0.717) is 28.9 Å². The van der Waals surface area contributed by atoms with Crippen molar-refractivity contribution in [1.29, 1.82) is 0 Å². The van der Waals surface area contributed by atoms with Gasteiger partial charge in [0.05, 0.1) is 17.3 Å². The molecule has 4 heterocycles. The minimum absolute atomic E-state index is 0.0215. The van der Waals surface area contributed by atoms with E-state index in [1.165, 1.54) is 11.8 Å². The minimum Gasteiger partial charge on any atom is -0.486 e. The van der Waals surface area contributed by atoms with Crippen LogP contribution in [0, 0.1) is 0 Å². The predicted octanol–water partition coefficient (Wildman–Crippen LogP) is 4.17.